The van der Waals surface area contributed by atoms with Gasteiger partial charge in [0.25, 0.3) is 0 Å². The van der Waals surface area contributed by atoms with Gasteiger partial charge >= 0.3 is 0 Å². The van der Waals surface area contributed by atoms with Gasteiger partial charge in [-0.1, -0.05) is 36.9 Å². The zero-order chi connectivity index (χ0) is 15.3. The molecule has 0 radical (unpaired) electrons. The first-order chi connectivity index (χ1) is 9.99. The Morgan fingerprint density at radius 2 is 2.14 bits per heavy atom. The Balaban J connectivity index is 1.80. The molecule has 1 aromatic carbocycles. The number of nitrogens with two attached hydrogens (primary N) is 1. The van der Waals surface area contributed by atoms with Crippen LogP contribution in [-0.2, 0) is 4.79 Å². The lowest BCUT2D eigenvalue weighted by Crippen LogP contribution is -2.56. The Bertz CT molecular complexity index is 487. The molecule has 1 saturated carbocycles. The van der Waals surface area contributed by atoms with Crippen molar-refractivity contribution in [3.63, 3.8) is 0 Å². The molecule has 0 saturated heterocycles. The highest BCUT2D eigenvalue weighted by Gasteiger charge is 2.35. The van der Waals surface area contributed by atoms with E-state index in [1.165, 1.54) is 6.42 Å². The number of halogens is 1. The van der Waals surface area contributed by atoms with Gasteiger partial charge in [-0.15, -0.1) is 0 Å². The van der Waals surface area contributed by atoms with Crippen molar-refractivity contribution in [2.45, 2.75) is 50.7 Å². The second kappa shape index (κ2) is 7.14. The van der Waals surface area contributed by atoms with E-state index in [-0.39, 0.29) is 12.0 Å². The van der Waals surface area contributed by atoms with Crippen LogP contribution in [0.4, 0.5) is 0 Å². The minimum absolute atomic E-state index is 0.0660. The van der Waals surface area contributed by atoms with Crippen LogP contribution in [0.25, 0.3) is 0 Å². The second-order valence-electron chi connectivity index (χ2n) is 5.81. The van der Waals surface area contributed by atoms with E-state index >= 15 is 0 Å². The maximum Gasteiger partial charge on any atom is 0.240 e. The zero-order valence-corrected chi connectivity index (χ0v) is 13.2. The third-order valence-electron chi connectivity index (χ3n) is 3.88. The van der Waals surface area contributed by atoms with Gasteiger partial charge in [0.05, 0.1) is 12.1 Å². The minimum atomic E-state index is -0.700. The molecular weight excluding hydrogens is 288 g/mol. The van der Waals surface area contributed by atoms with Crippen LogP contribution in [0, 0.1) is 0 Å². The molecule has 0 bridgehead atoms. The van der Waals surface area contributed by atoms with Gasteiger partial charge in [-0.25, -0.2) is 0 Å². The molecule has 116 valence electrons. The van der Waals surface area contributed by atoms with Crippen LogP contribution in [0.1, 0.15) is 39.0 Å². The Kier molecular flexibility index (Phi) is 5.48. The van der Waals surface area contributed by atoms with E-state index in [0.29, 0.717) is 17.3 Å². The van der Waals surface area contributed by atoms with Crippen LogP contribution in [0.3, 0.4) is 0 Å². The predicted molar refractivity (Wildman–Crippen MR) is 84.6 cm³/mol. The summed E-state index contributed by atoms with van der Waals surface area (Å²) in [6.07, 6.45) is 4.61. The van der Waals surface area contributed by atoms with Crippen molar-refractivity contribution >= 4 is 17.5 Å². The third-order valence-corrected chi connectivity index (χ3v) is 4.12. The number of carbonyl (C=O) groups is 1. The van der Waals surface area contributed by atoms with Crippen LogP contribution in [0.15, 0.2) is 24.3 Å². The summed E-state index contributed by atoms with van der Waals surface area (Å²) in [4.78, 5) is 12.2. The molecule has 1 aliphatic rings. The predicted octanol–water partition coefficient (Wildman–Crippen LogP) is 2.89. The van der Waals surface area contributed by atoms with Crippen LogP contribution < -0.4 is 15.8 Å². The molecule has 1 aromatic rings. The number of hydrogen-bond donors (Lipinski definition) is 2. The summed E-state index contributed by atoms with van der Waals surface area (Å²) in [7, 11) is 0. The van der Waals surface area contributed by atoms with Gasteiger partial charge in [0, 0.05) is 5.02 Å². The van der Waals surface area contributed by atoms with E-state index in [4.69, 9.17) is 22.1 Å². The van der Waals surface area contributed by atoms with Crippen molar-refractivity contribution in [1.29, 1.82) is 0 Å². The average molecular weight is 311 g/mol. The molecule has 1 unspecified atom stereocenters. The first-order valence-corrected chi connectivity index (χ1v) is 7.87. The van der Waals surface area contributed by atoms with Crippen LogP contribution in [-0.4, -0.2) is 24.1 Å². The average Bonchev–Trinajstić information content (AvgIpc) is 2.45. The third kappa shape index (κ3) is 4.61. The minimum Gasteiger partial charge on any atom is -0.489 e. The Morgan fingerprint density at radius 3 is 2.81 bits per heavy atom. The van der Waals surface area contributed by atoms with E-state index in [9.17, 15) is 4.79 Å². The number of ether oxygens (including phenoxy) is 1. The summed E-state index contributed by atoms with van der Waals surface area (Å²) in [5.41, 5.74) is 5.49. The van der Waals surface area contributed by atoms with E-state index in [1.54, 1.807) is 12.1 Å². The number of benzene rings is 1. The molecule has 0 heterocycles. The lowest BCUT2D eigenvalue weighted by atomic mass is 9.82. The highest BCUT2D eigenvalue weighted by Crippen LogP contribution is 2.26. The van der Waals surface area contributed by atoms with Gasteiger partial charge < -0.3 is 15.8 Å². The van der Waals surface area contributed by atoms with E-state index in [1.807, 2.05) is 19.1 Å². The molecule has 1 fully saturated rings. The SMILES string of the molecule is CC(CNC(=O)C1(N)CCCCC1)Oc1cccc(Cl)c1. The first kappa shape index (κ1) is 16.1. The van der Waals surface area contributed by atoms with Crippen LogP contribution in [0.5, 0.6) is 5.75 Å². The van der Waals surface area contributed by atoms with Crippen molar-refractivity contribution < 1.29 is 9.53 Å². The Morgan fingerprint density at radius 1 is 1.43 bits per heavy atom. The number of rotatable bonds is 5. The molecule has 1 aliphatic carbocycles. The summed E-state index contributed by atoms with van der Waals surface area (Å²) < 4.78 is 5.73. The normalized spacial score (nSPS) is 18.8. The highest BCUT2D eigenvalue weighted by atomic mass is 35.5. The number of nitrogens with one attached hydrogen (secondary N) is 1. The summed E-state index contributed by atoms with van der Waals surface area (Å²) in [5, 5.41) is 3.54. The Labute approximate surface area is 131 Å². The van der Waals surface area contributed by atoms with Crippen molar-refractivity contribution in [3.05, 3.63) is 29.3 Å². The Hall–Kier alpha value is -1.26. The van der Waals surface area contributed by atoms with Crippen molar-refractivity contribution in [2.24, 2.45) is 5.73 Å². The largest absolute Gasteiger partial charge is 0.489 e. The van der Waals surface area contributed by atoms with Crippen molar-refractivity contribution in [2.75, 3.05) is 6.54 Å². The fraction of sp³-hybridized carbons (Fsp3) is 0.562. The molecule has 21 heavy (non-hydrogen) atoms. The molecule has 1 amide bonds. The van der Waals surface area contributed by atoms with Gasteiger partial charge in [0.1, 0.15) is 11.9 Å². The van der Waals surface area contributed by atoms with Crippen molar-refractivity contribution in [3.8, 4) is 5.75 Å². The summed E-state index contributed by atoms with van der Waals surface area (Å²) in [5.74, 6) is 0.633. The first-order valence-electron chi connectivity index (χ1n) is 7.49. The second-order valence-corrected chi connectivity index (χ2v) is 6.25. The molecule has 3 N–H and O–H groups in total. The van der Waals surface area contributed by atoms with Gasteiger partial charge in [-0.3, -0.25) is 4.79 Å². The van der Waals surface area contributed by atoms with E-state index in [0.717, 1.165) is 25.7 Å². The van der Waals surface area contributed by atoms with Gasteiger partial charge in [0.15, 0.2) is 0 Å². The molecule has 1 atom stereocenters. The maximum absolute atomic E-state index is 12.2. The summed E-state index contributed by atoms with van der Waals surface area (Å²) in [6.45, 7) is 2.34. The highest BCUT2D eigenvalue weighted by molar-refractivity contribution is 6.30. The molecule has 0 aromatic heterocycles. The summed E-state index contributed by atoms with van der Waals surface area (Å²) >= 11 is 5.91. The lowest BCUT2D eigenvalue weighted by Gasteiger charge is -2.32. The topological polar surface area (TPSA) is 64.4 Å². The number of carbonyl (C=O) groups excluding carboxylic acids is 1. The smallest absolute Gasteiger partial charge is 0.240 e. The molecular formula is C16H23ClN2O2. The maximum atomic E-state index is 12.2. The van der Waals surface area contributed by atoms with Gasteiger partial charge in [-0.05, 0) is 38.0 Å². The summed E-state index contributed by atoms with van der Waals surface area (Å²) in [6, 6.07) is 7.23. The standard InChI is InChI=1S/C16H23ClN2O2/c1-12(21-14-7-5-6-13(17)10-14)11-19-15(20)16(18)8-3-2-4-9-16/h5-7,10,12H,2-4,8-9,11,18H2,1H3,(H,19,20). The quantitative estimate of drug-likeness (QED) is 0.879. The van der Waals surface area contributed by atoms with Gasteiger partial charge in [0.2, 0.25) is 5.91 Å². The van der Waals surface area contributed by atoms with Crippen molar-refractivity contribution in [1.82, 2.24) is 5.32 Å². The molecule has 0 spiro atoms. The monoisotopic (exact) mass is 310 g/mol. The molecule has 2 rings (SSSR count). The zero-order valence-electron chi connectivity index (χ0n) is 12.4. The fourth-order valence-electron chi connectivity index (χ4n) is 2.64. The molecule has 4 nitrogen and oxygen atoms in total. The van der Waals surface area contributed by atoms with Gasteiger partial charge in [-0.2, -0.15) is 0 Å². The van der Waals surface area contributed by atoms with E-state index in [2.05, 4.69) is 5.32 Å². The van der Waals surface area contributed by atoms with Crippen LogP contribution in [0.2, 0.25) is 5.02 Å². The number of amides is 1. The fourth-order valence-corrected chi connectivity index (χ4v) is 2.82. The lowest BCUT2D eigenvalue weighted by molar-refractivity contribution is -0.127. The number of hydrogen-bond acceptors (Lipinski definition) is 3. The van der Waals surface area contributed by atoms with E-state index < -0.39 is 5.54 Å². The molecule has 0 aliphatic heterocycles. The van der Waals surface area contributed by atoms with Crippen LogP contribution >= 0.6 is 11.6 Å². The molecule has 5 heteroatoms.